The van der Waals surface area contributed by atoms with Crippen LogP contribution in [-0.4, -0.2) is 29.0 Å². The second kappa shape index (κ2) is 9.35. The van der Waals surface area contributed by atoms with E-state index in [2.05, 4.69) is 65.8 Å². The maximum Gasteiger partial charge on any atom is 0.282 e. The highest BCUT2D eigenvalue weighted by atomic mass is 79.9. The van der Waals surface area contributed by atoms with E-state index in [4.69, 9.17) is 4.98 Å². The summed E-state index contributed by atoms with van der Waals surface area (Å²) in [5.74, 6) is 0.807. The maximum atomic E-state index is 13.1. The van der Waals surface area contributed by atoms with Crippen molar-refractivity contribution >= 4 is 38.7 Å². The SMILES string of the molecule is CC[C@@H](C)c1nc2ccc(Br)cc2c(=O)n1N=Cc1ccc(N(CC)CC)cc1. The molecule has 0 fully saturated rings. The first kappa shape index (κ1) is 21.2. The van der Waals surface area contributed by atoms with Crippen LogP contribution in [0.3, 0.4) is 0 Å². The van der Waals surface area contributed by atoms with E-state index in [1.165, 1.54) is 10.4 Å². The second-order valence-electron chi connectivity index (χ2n) is 7.07. The summed E-state index contributed by atoms with van der Waals surface area (Å²) in [4.78, 5) is 20.2. The highest BCUT2D eigenvalue weighted by molar-refractivity contribution is 9.10. The van der Waals surface area contributed by atoms with Gasteiger partial charge in [-0.15, -0.1) is 0 Å². The van der Waals surface area contributed by atoms with E-state index in [0.717, 1.165) is 29.5 Å². The van der Waals surface area contributed by atoms with Gasteiger partial charge in [-0.1, -0.05) is 41.9 Å². The summed E-state index contributed by atoms with van der Waals surface area (Å²) >= 11 is 3.44. The Hall–Kier alpha value is -2.47. The predicted octanol–water partition coefficient (Wildman–Crippen LogP) is 5.40. The molecule has 2 aromatic carbocycles. The van der Waals surface area contributed by atoms with Crippen molar-refractivity contribution in [2.75, 3.05) is 18.0 Å². The average Bonchev–Trinajstić information content (AvgIpc) is 2.74. The van der Waals surface area contributed by atoms with Gasteiger partial charge in [0, 0.05) is 29.2 Å². The molecule has 1 heterocycles. The molecule has 0 aliphatic heterocycles. The van der Waals surface area contributed by atoms with E-state index in [-0.39, 0.29) is 11.5 Å². The van der Waals surface area contributed by atoms with Gasteiger partial charge in [-0.25, -0.2) is 4.98 Å². The number of hydrogen-bond donors (Lipinski definition) is 0. The summed E-state index contributed by atoms with van der Waals surface area (Å²) in [6.07, 6.45) is 2.60. The number of halogens is 1. The Labute approximate surface area is 180 Å². The van der Waals surface area contributed by atoms with E-state index < -0.39 is 0 Å². The largest absolute Gasteiger partial charge is 0.372 e. The van der Waals surface area contributed by atoms with Crippen LogP contribution in [0.4, 0.5) is 5.69 Å². The van der Waals surface area contributed by atoms with Gasteiger partial charge >= 0.3 is 0 Å². The lowest BCUT2D eigenvalue weighted by Crippen LogP contribution is -2.23. The Bertz CT molecular complexity index is 1070. The summed E-state index contributed by atoms with van der Waals surface area (Å²) in [6.45, 7) is 10.4. The molecule has 0 saturated heterocycles. The zero-order chi connectivity index (χ0) is 21.0. The van der Waals surface area contributed by atoms with Gasteiger partial charge in [-0.2, -0.15) is 9.78 Å². The van der Waals surface area contributed by atoms with Crippen LogP contribution in [0.2, 0.25) is 0 Å². The van der Waals surface area contributed by atoms with Gasteiger partial charge in [-0.05, 0) is 56.2 Å². The van der Waals surface area contributed by atoms with Gasteiger partial charge in [0.05, 0.1) is 17.1 Å². The molecule has 0 radical (unpaired) electrons. The van der Waals surface area contributed by atoms with E-state index in [1.54, 1.807) is 12.3 Å². The van der Waals surface area contributed by atoms with Crippen LogP contribution in [0.15, 0.2) is 56.8 Å². The van der Waals surface area contributed by atoms with Crippen LogP contribution in [0.1, 0.15) is 51.4 Å². The molecule has 0 unspecified atom stereocenters. The predicted molar refractivity (Wildman–Crippen MR) is 125 cm³/mol. The van der Waals surface area contributed by atoms with Crippen molar-refractivity contribution in [1.29, 1.82) is 0 Å². The number of fused-ring (bicyclic) bond motifs is 1. The van der Waals surface area contributed by atoms with Crippen molar-refractivity contribution in [1.82, 2.24) is 9.66 Å². The summed E-state index contributed by atoms with van der Waals surface area (Å²) in [5.41, 5.74) is 2.67. The highest BCUT2D eigenvalue weighted by Gasteiger charge is 2.15. The molecule has 29 heavy (non-hydrogen) atoms. The Morgan fingerprint density at radius 3 is 2.45 bits per heavy atom. The van der Waals surface area contributed by atoms with Crippen LogP contribution >= 0.6 is 15.9 Å². The zero-order valence-electron chi connectivity index (χ0n) is 17.4. The van der Waals surface area contributed by atoms with E-state index >= 15 is 0 Å². The number of benzene rings is 2. The minimum Gasteiger partial charge on any atom is -0.372 e. The van der Waals surface area contributed by atoms with Crippen LogP contribution in [-0.2, 0) is 0 Å². The molecule has 1 atom stereocenters. The smallest absolute Gasteiger partial charge is 0.282 e. The number of aromatic nitrogens is 2. The van der Waals surface area contributed by atoms with Crippen molar-refractivity contribution in [2.24, 2.45) is 5.10 Å². The van der Waals surface area contributed by atoms with Crippen molar-refractivity contribution in [2.45, 2.75) is 40.0 Å². The molecule has 5 nitrogen and oxygen atoms in total. The molecule has 3 rings (SSSR count). The molecule has 0 saturated carbocycles. The molecule has 0 amide bonds. The lowest BCUT2D eigenvalue weighted by molar-refractivity contribution is 0.613. The summed E-state index contributed by atoms with van der Waals surface area (Å²) in [6, 6.07) is 13.8. The summed E-state index contributed by atoms with van der Waals surface area (Å²) in [7, 11) is 0. The summed E-state index contributed by atoms with van der Waals surface area (Å²) < 4.78 is 2.30. The van der Waals surface area contributed by atoms with Crippen molar-refractivity contribution in [3.63, 3.8) is 0 Å². The molecular weight excluding hydrogens is 428 g/mol. The summed E-state index contributed by atoms with van der Waals surface area (Å²) in [5, 5.41) is 5.08. The number of anilines is 1. The molecule has 0 N–H and O–H groups in total. The van der Waals surface area contributed by atoms with Gasteiger partial charge in [-0.3, -0.25) is 4.79 Å². The van der Waals surface area contributed by atoms with Gasteiger partial charge in [0.2, 0.25) is 0 Å². The van der Waals surface area contributed by atoms with Crippen molar-refractivity contribution in [3.05, 3.63) is 68.7 Å². The standard InChI is InChI=1S/C23H27BrN4O/c1-5-16(4)22-26-21-13-10-18(24)14-20(21)23(29)28(22)25-15-17-8-11-19(12-9-17)27(6-2)7-3/h8-16H,5-7H2,1-4H3/t16-/m1/s1. The lowest BCUT2D eigenvalue weighted by Gasteiger charge is -2.20. The Morgan fingerprint density at radius 1 is 1.14 bits per heavy atom. The van der Waals surface area contributed by atoms with Crippen molar-refractivity contribution in [3.8, 4) is 0 Å². The molecule has 152 valence electrons. The minimum atomic E-state index is -0.150. The van der Waals surface area contributed by atoms with Gasteiger partial charge in [0.15, 0.2) is 0 Å². The monoisotopic (exact) mass is 454 g/mol. The van der Waals surface area contributed by atoms with Gasteiger partial charge in [0.1, 0.15) is 5.82 Å². The zero-order valence-corrected chi connectivity index (χ0v) is 19.0. The molecule has 0 bridgehead atoms. The fourth-order valence-corrected chi connectivity index (χ4v) is 3.62. The molecule has 3 aromatic rings. The minimum absolute atomic E-state index is 0.123. The first-order chi connectivity index (χ1) is 14.0. The van der Waals surface area contributed by atoms with E-state index in [9.17, 15) is 4.79 Å². The van der Waals surface area contributed by atoms with Gasteiger partial charge in [0.25, 0.3) is 5.56 Å². The fourth-order valence-electron chi connectivity index (χ4n) is 3.26. The lowest BCUT2D eigenvalue weighted by atomic mass is 10.1. The third kappa shape index (κ3) is 4.58. The molecule has 1 aromatic heterocycles. The molecular formula is C23H27BrN4O. The Balaban J connectivity index is 2.04. The maximum absolute atomic E-state index is 13.1. The molecule has 0 aliphatic carbocycles. The van der Waals surface area contributed by atoms with Crippen LogP contribution in [0.25, 0.3) is 10.9 Å². The van der Waals surface area contributed by atoms with Crippen LogP contribution < -0.4 is 10.5 Å². The normalized spacial score (nSPS) is 12.6. The number of nitrogens with zero attached hydrogens (tertiary/aromatic N) is 4. The first-order valence-corrected chi connectivity index (χ1v) is 10.9. The fraction of sp³-hybridized carbons (Fsp3) is 0.348. The molecule has 0 aliphatic rings. The van der Waals surface area contributed by atoms with Crippen molar-refractivity contribution < 1.29 is 0 Å². The number of rotatable bonds is 7. The quantitative estimate of drug-likeness (QED) is 0.448. The van der Waals surface area contributed by atoms with Crippen LogP contribution in [0, 0.1) is 0 Å². The average molecular weight is 455 g/mol. The molecule has 0 spiro atoms. The van der Waals surface area contributed by atoms with E-state index in [0.29, 0.717) is 16.7 Å². The van der Waals surface area contributed by atoms with Crippen LogP contribution in [0.5, 0.6) is 0 Å². The third-order valence-corrected chi connectivity index (χ3v) is 5.72. The second-order valence-corrected chi connectivity index (χ2v) is 7.98. The number of hydrogen-bond acceptors (Lipinski definition) is 4. The van der Waals surface area contributed by atoms with Gasteiger partial charge < -0.3 is 4.90 Å². The Morgan fingerprint density at radius 2 is 1.83 bits per heavy atom. The first-order valence-electron chi connectivity index (χ1n) is 10.1. The highest BCUT2D eigenvalue weighted by Crippen LogP contribution is 2.21. The topological polar surface area (TPSA) is 50.5 Å². The molecule has 6 heteroatoms. The Kier molecular flexibility index (Phi) is 6.85. The van der Waals surface area contributed by atoms with E-state index in [1.807, 2.05) is 24.3 Å². The third-order valence-electron chi connectivity index (χ3n) is 5.23.